The minimum Gasteiger partial charge on any atom is -0.491 e. The fraction of sp³-hybridized carbons (Fsp3) is 0.0833. The van der Waals surface area contributed by atoms with Crippen LogP contribution in [-0.2, 0) is 0 Å². The van der Waals surface area contributed by atoms with Gasteiger partial charge in [-0.05, 0) is 18.6 Å². The van der Waals surface area contributed by atoms with Gasteiger partial charge in [0, 0.05) is 5.69 Å². The second-order valence-electron chi connectivity index (χ2n) is 3.36. The monoisotopic (exact) mass is 248 g/mol. The lowest BCUT2D eigenvalue weighted by Gasteiger charge is -2.11. The van der Waals surface area contributed by atoms with E-state index >= 15 is 0 Å². The molecule has 2 rings (SSSR count). The summed E-state index contributed by atoms with van der Waals surface area (Å²) in [5.74, 6) is 0.931. The predicted octanol–water partition coefficient (Wildman–Crippen LogP) is 3.06. The van der Waals surface area contributed by atoms with Gasteiger partial charge in [-0.2, -0.15) is 5.10 Å². The van der Waals surface area contributed by atoms with Crippen LogP contribution in [0.3, 0.4) is 0 Å². The van der Waals surface area contributed by atoms with Gasteiger partial charge in [-0.25, -0.2) is 0 Å². The van der Waals surface area contributed by atoms with E-state index in [0.29, 0.717) is 16.6 Å². The molecule has 5 heteroatoms. The van der Waals surface area contributed by atoms with Gasteiger partial charge in [0.15, 0.2) is 11.6 Å². The summed E-state index contributed by atoms with van der Waals surface area (Å²) in [6, 6.07) is 7.60. The summed E-state index contributed by atoms with van der Waals surface area (Å²) in [5, 5.41) is 11.2. The van der Waals surface area contributed by atoms with E-state index in [0.717, 1.165) is 11.3 Å². The maximum atomic E-state index is 5.95. The number of anilines is 2. The van der Waals surface area contributed by atoms with Gasteiger partial charge in [0.05, 0.1) is 13.3 Å². The number of hydrogen-bond donors (Lipinski definition) is 1. The quantitative estimate of drug-likeness (QED) is 0.907. The number of benzene rings is 1. The number of nitrogens with one attached hydrogen (secondary N) is 1. The normalized spacial score (nSPS) is 10.1. The van der Waals surface area contributed by atoms with Crippen LogP contribution in [-0.4, -0.2) is 17.3 Å². The van der Waals surface area contributed by atoms with Crippen molar-refractivity contribution in [1.29, 1.82) is 0 Å². The summed E-state index contributed by atoms with van der Waals surface area (Å²) in [7, 11) is 1.53. The third-order valence-corrected chi connectivity index (χ3v) is 2.50. The molecule has 0 aliphatic heterocycles. The molecule has 87 valence electrons. The van der Waals surface area contributed by atoms with Crippen LogP contribution in [0, 0.1) is 6.92 Å². The number of para-hydroxylation sites is 1. The van der Waals surface area contributed by atoms with Crippen LogP contribution in [0.25, 0.3) is 0 Å². The SMILES string of the molecule is [CH2]c1ccccc1Nc1nncc(Cl)c1OC. The molecule has 2 aromatic rings. The average molecular weight is 249 g/mol. The van der Waals surface area contributed by atoms with E-state index in [2.05, 4.69) is 22.4 Å². The van der Waals surface area contributed by atoms with Crippen molar-refractivity contribution in [3.05, 3.63) is 48.0 Å². The Kier molecular flexibility index (Phi) is 3.44. The van der Waals surface area contributed by atoms with Crippen LogP contribution >= 0.6 is 11.6 Å². The molecule has 0 spiro atoms. The summed E-state index contributed by atoms with van der Waals surface area (Å²) in [6.45, 7) is 3.91. The van der Waals surface area contributed by atoms with Crippen LogP contribution in [0.2, 0.25) is 5.02 Å². The molecule has 1 heterocycles. The van der Waals surface area contributed by atoms with Crippen molar-refractivity contribution in [2.75, 3.05) is 12.4 Å². The molecule has 17 heavy (non-hydrogen) atoms. The van der Waals surface area contributed by atoms with E-state index in [9.17, 15) is 0 Å². The summed E-state index contributed by atoms with van der Waals surface area (Å²) < 4.78 is 5.17. The number of hydrogen-bond acceptors (Lipinski definition) is 4. The van der Waals surface area contributed by atoms with Crippen molar-refractivity contribution < 1.29 is 4.74 Å². The fourth-order valence-corrected chi connectivity index (χ4v) is 1.61. The van der Waals surface area contributed by atoms with Gasteiger partial charge in [-0.1, -0.05) is 29.8 Å². The first kappa shape index (κ1) is 11.7. The third kappa shape index (κ3) is 2.47. The second kappa shape index (κ2) is 5.01. The van der Waals surface area contributed by atoms with E-state index in [4.69, 9.17) is 16.3 Å². The summed E-state index contributed by atoms with van der Waals surface area (Å²) in [4.78, 5) is 0. The number of aromatic nitrogens is 2. The Labute approximate surface area is 105 Å². The Morgan fingerprint density at radius 2 is 2.12 bits per heavy atom. The van der Waals surface area contributed by atoms with Crippen molar-refractivity contribution in [2.45, 2.75) is 0 Å². The Morgan fingerprint density at radius 1 is 1.35 bits per heavy atom. The number of nitrogens with zero attached hydrogens (tertiary/aromatic N) is 2. The molecule has 0 aliphatic rings. The van der Waals surface area contributed by atoms with Crippen molar-refractivity contribution >= 4 is 23.1 Å². The van der Waals surface area contributed by atoms with Gasteiger partial charge in [0.1, 0.15) is 5.02 Å². The zero-order valence-corrected chi connectivity index (χ0v) is 10.0. The van der Waals surface area contributed by atoms with Crippen molar-refractivity contribution in [3.63, 3.8) is 0 Å². The molecule has 0 amide bonds. The Bertz CT molecular complexity index is 531. The molecule has 0 atom stereocenters. The Morgan fingerprint density at radius 3 is 2.82 bits per heavy atom. The van der Waals surface area contributed by atoms with E-state index in [1.54, 1.807) is 0 Å². The third-order valence-electron chi connectivity index (χ3n) is 2.24. The maximum absolute atomic E-state index is 5.95. The molecular weight excluding hydrogens is 238 g/mol. The highest BCUT2D eigenvalue weighted by atomic mass is 35.5. The van der Waals surface area contributed by atoms with Gasteiger partial charge < -0.3 is 10.1 Å². The zero-order chi connectivity index (χ0) is 12.3. The number of ether oxygens (including phenoxy) is 1. The minimum atomic E-state index is 0.409. The highest BCUT2D eigenvalue weighted by Crippen LogP contribution is 2.32. The molecule has 0 fully saturated rings. The first-order valence-electron chi connectivity index (χ1n) is 4.95. The molecule has 0 bridgehead atoms. The smallest absolute Gasteiger partial charge is 0.197 e. The lowest BCUT2D eigenvalue weighted by Crippen LogP contribution is -2.00. The average Bonchev–Trinajstić information content (AvgIpc) is 2.32. The topological polar surface area (TPSA) is 47.0 Å². The molecule has 0 aliphatic carbocycles. The van der Waals surface area contributed by atoms with E-state index < -0.39 is 0 Å². The highest BCUT2D eigenvalue weighted by molar-refractivity contribution is 6.32. The number of methoxy groups -OCH3 is 1. The van der Waals surface area contributed by atoms with Gasteiger partial charge in [-0.15, -0.1) is 5.10 Å². The molecule has 0 unspecified atom stereocenters. The van der Waals surface area contributed by atoms with E-state index in [-0.39, 0.29) is 0 Å². The maximum Gasteiger partial charge on any atom is 0.197 e. The van der Waals surface area contributed by atoms with Crippen LogP contribution < -0.4 is 10.1 Å². The van der Waals surface area contributed by atoms with Crippen LogP contribution in [0.15, 0.2) is 30.5 Å². The Balaban J connectivity index is 2.37. The summed E-state index contributed by atoms with van der Waals surface area (Å²) in [6.07, 6.45) is 1.43. The predicted molar refractivity (Wildman–Crippen MR) is 67.8 cm³/mol. The minimum absolute atomic E-state index is 0.409. The van der Waals surface area contributed by atoms with E-state index in [1.165, 1.54) is 13.3 Å². The molecule has 1 radical (unpaired) electrons. The summed E-state index contributed by atoms with van der Waals surface area (Å²) in [5.41, 5.74) is 1.69. The molecule has 0 saturated carbocycles. The first-order valence-corrected chi connectivity index (χ1v) is 5.33. The van der Waals surface area contributed by atoms with Gasteiger partial charge in [0.25, 0.3) is 0 Å². The van der Waals surface area contributed by atoms with Crippen LogP contribution in [0.5, 0.6) is 5.75 Å². The molecular formula is C12H11ClN3O. The lowest BCUT2D eigenvalue weighted by molar-refractivity contribution is 0.414. The largest absolute Gasteiger partial charge is 0.491 e. The molecule has 1 aromatic carbocycles. The lowest BCUT2D eigenvalue weighted by atomic mass is 10.2. The first-order chi connectivity index (χ1) is 8.22. The molecule has 4 nitrogen and oxygen atoms in total. The van der Waals surface area contributed by atoms with Crippen LogP contribution in [0.4, 0.5) is 11.5 Å². The highest BCUT2D eigenvalue weighted by Gasteiger charge is 2.10. The molecule has 1 aromatic heterocycles. The van der Waals surface area contributed by atoms with Gasteiger partial charge in [0.2, 0.25) is 0 Å². The Hall–Kier alpha value is -1.81. The van der Waals surface area contributed by atoms with Crippen molar-refractivity contribution in [2.24, 2.45) is 0 Å². The summed E-state index contributed by atoms with van der Waals surface area (Å²) >= 11 is 5.95. The second-order valence-corrected chi connectivity index (χ2v) is 3.76. The standard InChI is InChI=1S/C12H11ClN3O/c1-8-5-3-4-6-10(8)15-12-11(17-2)9(13)7-14-16-12/h3-7H,1H2,2H3,(H,15,16). The van der Waals surface area contributed by atoms with Gasteiger partial charge >= 0.3 is 0 Å². The van der Waals surface area contributed by atoms with Gasteiger partial charge in [-0.3, -0.25) is 0 Å². The number of rotatable bonds is 3. The molecule has 1 N–H and O–H groups in total. The van der Waals surface area contributed by atoms with Crippen molar-refractivity contribution in [3.8, 4) is 5.75 Å². The zero-order valence-electron chi connectivity index (χ0n) is 9.27. The van der Waals surface area contributed by atoms with E-state index in [1.807, 2.05) is 24.3 Å². The molecule has 0 saturated heterocycles. The van der Waals surface area contributed by atoms with Crippen molar-refractivity contribution in [1.82, 2.24) is 10.2 Å². The fourth-order valence-electron chi connectivity index (χ4n) is 1.40. The van der Waals surface area contributed by atoms with Crippen LogP contribution in [0.1, 0.15) is 5.56 Å². The number of halogens is 1.